The molecule has 3 fully saturated rings. The zero-order chi connectivity index (χ0) is 12.0. The summed E-state index contributed by atoms with van der Waals surface area (Å²) in [5.74, 6) is 2.09. The lowest BCUT2D eigenvalue weighted by molar-refractivity contribution is 0.182. The molecule has 2 saturated carbocycles. The monoisotopic (exact) mass is 258 g/mol. The lowest BCUT2D eigenvalue weighted by Gasteiger charge is -2.30. The van der Waals surface area contributed by atoms with Crippen LogP contribution in [-0.2, 0) is 9.84 Å². The van der Waals surface area contributed by atoms with Crippen molar-refractivity contribution in [2.75, 3.05) is 24.6 Å². The summed E-state index contributed by atoms with van der Waals surface area (Å²) in [5, 5.41) is 0. The number of hydrogen-bond acceptors (Lipinski definition) is 4. The SMILES string of the molecule is NC1CS(=O)(=O)CC1N(CC1CC1)CC1CC1. The molecule has 0 aromatic carbocycles. The van der Waals surface area contributed by atoms with E-state index in [9.17, 15) is 8.42 Å². The minimum atomic E-state index is -2.89. The van der Waals surface area contributed by atoms with Crippen molar-refractivity contribution in [3.05, 3.63) is 0 Å². The Hall–Kier alpha value is -0.130. The van der Waals surface area contributed by atoms with Gasteiger partial charge < -0.3 is 5.73 Å². The molecule has 0 bridgehead atoms. The molecule has 4 nitrogen and oxygen atoms in total. The molecular weight excluding hydrogens is 236 g/mol. The fraction of sp³-hybridized carbons (Fsp3) is 1.00. The van der Waals surface area contributed by atoms with Gasteiger partial charge in [-0.25, -0.2) is 8.42 Å². The van der Waals surface area contributed by atoms with E-state index >= 15 is 0 Å². The van der Waals surface area contributed by atoms with E-state index in [0.29, 0.717) is 0 Å². The van der Waals surface area contributed by atoms with Gasteiger partial charge in [-0.15, -0.1) is 0 Å². The van der Waals surface area contributed by atoms with E-state index < -0.39 is 9.84 Å². The van der Waals surface area contributed by atoms with E-state index in [1.165, 1.54) is 25.7 Å². The smallest absolute Gasteiger partial charge is 0.153 e. The normalized spacial score (nSPS) is 36.6. The van der Waals surface area contributed by atoms with Crippen molar-refractivity contribution in [2.45, 2.75) is 37.8 Å². The van der Waals surface area contributed by atoms with Crippen molar-refractivity contribution in [3.63, 3.8) is 0 Å². The van der Waals surface area contributed by atoms with Gasteiger partial charge in [0.05, 0.1) is 11.5 Å². The molecule has 0 spiro atoms. The lowest BCUT2D eigenvalue weighted by Crippen LogP contribution is -2.48. The largest absolute Gasteiger partial charge is 0.325 e. The fourth-order valence-electron chi connectivity index (χ4n) is 2.84. The van der Waals surface area contributed by atoms with Crippen molar-refractivity contribution >= 4 is 9.84 Å². The van der Waals surface area contributed by atoms with Crippen LogP contribution in [0, 0.1) is 11.8 Å². The third kappa shape index (κ3) is 3.01. The van der Waals surface area contributed by atoms with Gasteiger partial charge in [-0.05, 0) is 37.5 Å². The summed E-state index contributed by atoms with van der Waals surface area (Å²) in [4.78, 5) is 2.39. The molecule has 1 heterocycles. The van der Waals surface area contributed by atoms with Gasteiger partial charge in [0.15, 0.2) is 9.84 Å². The van der Waals surface area contributed by atoms with E-state index in [1.54, 1.807) is 0 Å². The molecule has 1 saturated heterocycles. The molecule has 0 aromatic heterocycles. The maximum atomic E-state index is 11.7. The first-order valence-corrected chi connectivity index (χ1v) is 8.56. The highest BCUT2D eigenvalue weighted by atomic mass is 32.2. The predicted molar refractivity (Wildman–Crippen MR) is 67.4 cm³/mol. The molecule has 2 unspecified atom stereocenters. The minimum absolute atomic E-state index is 0.0844. The van der Waals surface area contributed by atoms with E-state index in [4.69, 9.17) is 5.73 Å². The first kappa shape index (κ1) is 11.9. The van der Waals surface area contributed by atoms with Crippen LogP contribution in [0.4, 0.5) is 0 Å². The predicted octanol–water partition coefficient (Wildman–Crippen LogP) is 0.233. The first-order valence-electron chi connectivity index (χ1n) is 6.73. The van der Waals surface area contributed by atoms with Crippen molar-refractivity contribution in [3.8, 4) is 0 Å². The molecule has 2 aliphatic carbocycles. The van der Waals surface area contributed by atoms with Gasteiger partial charge >= 0.3 is 0 Å². The third-order valence-electron chi connectivity index (χ3n) is 4.21. The van der Waals surface area contributed by atoms with Crippen LogP contribution in [0.1, 0.15) is 25.7 Å². The quantitative estimate of drug-likeness (QED) is 0.767. The summed E-state index contributed by atoms with van der Waals surface area (Å²) in [6, 6.07) is -0.0845. The second-order valence-corrected chi connectivity index (χ2v) is 8.30. The Morgan fingerprint density at radius 2 is 1.53 bits per heavy atom. The molecule has 98 valence electrons. The third-order valence-corrected chi connectivity index (χ3v) is 5.96. The topological polar surface area (TPSA) is 63.4 Å². The zero-order valence-electron chi connectivity index (χ0n) is 10.2. The Kier molecular flexibility index (Phi) is 2.96. The summed E-state index contributed by atoms with van der Waals surface area (Å²) >= 11 is 0. The highest BCUT2D eigenvalue weighted by Gasteiger charge is 2.41. The number of sulfone groups is 1. The summed E-state index contributed by atoms with van der Waals surface area (Å²) in [6.45, 7) is 2.15. The molecule has 2 atom stereocenters. The zero-order valence-corrected chi connectivity index (χ0v) is 11.0. The molecule has 0 radical (unpaired) electrons. The van der Waals surface area contributed by atoms with Crippen LogP contribution in [0.5, 0.6) is 0 Å². The Labute approximate surface area is 103 Å². The van der Waals surface area contributed by atoms with Crippen LogP contribution in [0.15, 0.2) is 0 Å². The maximum Gasteiger partial charge on any atom is 0.153 e. The molecule has 0 amide bonds. The second kappa shape index (κ2) is 4.21. The van der Waals surface area contributed by atoms with E-state index in [0.717, 1.165) is 24.9 Å². The highest BCUT2D eigenvalue weighted by Crippen LogP contribution is 2.35. The summed E-state index contributed by atoms with van der Waals surface area (Å²) in [5.41, 5.74) is 6.03. The van der Waals surface area contributed by atoms with Gasteiger partial charge in [-0.2, -0.15) is 0 Å². The Balaban J connectivity index is 1.67. The fourth-order valence-corrected chi connectivity index (χ4v) is 4.76. The van der Waals surface area contributed by atoms with Crippen LogP contribution < -0.4 is 5.73 Å². The van der Waals surface area contributed by atoms with Crippen LogP contribution in [-0.4, -0.2) is 50.0 Å². The van der Waals surface area contributed by atoms with Gasteiger partial charge in [0.2, 0.25) is 0 Å². The van der Waals surface area contributed by atoms with Crippen LogP contribution in [0.3, 0.4) is 0 Å². The standard InChI is InChI=1S/C12H22N2O2S/c13-11-7-17(15,16)8-12(11)14(5-9-1-2-9)6-10-3-4-10/h9-12H,1-8,13H2. The summed E-state index contributed by atoms with van der Waals surface area (Å²) in [6.07, 6.45) is 5.26. The Morgan fingerprint density at radius 3 is 1.88 bits per heavy atom. The average molecular weight is 258 g/mol. The van der Waals surface area contributed by atoms with Gasteiger partial charge in [-0.1, -0.05) is 0 Å². The van der Waals surface area contributed by atoms with E-state index in [-0.39, 0.29) is 23.6 Å². The first-order chi connectivity index (χ1) is 8.03. The number of nitrogens with two attached hydrogens (primary N) is 1. The molecule has 0 aromatic rings. The van der Waals surface area contributed by atoms with E-state index in [2.05, 4.69) is 4.90 Å². The summed E-state index contributed by atoms with van der Waals surface area (Å²) in [7, 11) is -2.89. The molecule has 5 heteroatoms. The van der Waals surface area contributed by atoms with Gasteiger partial charge in [0.25, 0.3) is 0 Å². The van der Waals surface area contributed by atoms with Crippen molar-refractivity contribution in [1.82, 2.24) is 4.90 Å². The van der Waals surface area contributed by atoms with Crippen molar-refractivity contribution in [1.29, 1.82) is 0 Å². The molecule has 1 aliphatic heterocycles. The minimum Gasteiger partial charge on any atom is -0.325 e. The Morgan fingerprint density at radius 1 is 1.00 bits per heavy atom. The summed E-state index contributed by atoms with van der Waals surface area (Å²) < 4.78 is 23.3. The Bertz CT molecular complexity index is 373. The maximum absolute atomic E-state index is 11.7. The molecule has 2 N–H and O–H groups in total. The lowest BCUT2D eigenvalue weighted by atomic mass is 10.1. The van der Waals surface area contributed by atoms with Gasteiger partial charge in [0.1, 0.15) is 0 Å². The second-order valence-electron chi connectivity index (χ2n) is 6.15. The number of nitrogens with zero attached hydrogens (tertiary/aromatic N) is 1. The van der Waals surface area contributed by atoms with Crippen LogP contribution in [0.2, 0.25) is 0 Å². The molecule has 17 heavy (non-hydrogen) atoms. The van der Waals surface area contributed by atoms with Crippen molar-refractivity contribution < 1.29 is 8.42 Å². The number of rotatable bonds is 5. The van der Waals surface area contributed by atoms with Gasteiger partial charge in [0, 0.05) is 25.2 Å². The highest BCUT2D eigenvalue weighted by molar-refractivity contribution is 7.91. The average Bonchev–Trinajstić information content (AvgIpc) is 3.08. The van der Waals surface area contributed by atoms with Crippen LogP contribution in [0.25, 0.3) is 0 Å². The van der Waals surface area contributed by atoms with E-state index in [1.807, 2.05) is 0 Å². The van der Waals surface area contributed by atoms with Crippen LogP contribution >= 0.6 is 0 Å². The molecular formula is C12H22N2O2S. The van der Waals surface area contributed by atoms with Gasteiger partial charge in [-0.3, -0.25) is 4.90 Å². The molecule has 3 aliphatic rings. The number of hydrogen-bond donors (Lipinski definition) is 1. The van der Waals surface area contributed by atoms with Crippen molar-refractivity contribution in [2.24, 2.45) is 17.6 Å². The molecule has 3 rings (SSSR count).